The third-order valence-electron chi connectivity index (χ3n) is 2.69. The maximum atomic E-state index is 13.6. The Balaban J connectivity index is 2.32. The van der Waals surface area contributed by atoms with Crippen molar-refractivity contribution in [3.8, 4) is 0 Å². The molecule has 1 aromatic heterocycles. The molecule has 5 heteroatoms. The molecule has 0 aliphatic carbocycles. The Morgan fingerprint density at radius 1 is 1.28 bits per heavy atom. The molecule has 2 nitrogen and oxygen atoms in total. The van der Waals surface area contributed by atoms with Gasteiger partial charge in [-0.15, -0.1) is 11.3 Å². The zero-order valence-corrected chi connectivity index (χ0v) is 11.0. The first-order valence-electron chi connectivity index (χ1n) is 5.65. The van der Waals surface area contributed by atoms with Gasteiger partial charge in [0.15, 0.2) is 0 Å². The molecule has 1 heterocycles. The van der Waals surface area contributed by atoms with Gasteiger partial charge in [0.1, 0.15) is 16.6 Å². The van der Waals surface area contributed by atoms with E-state index >= 15 is 0 Å². The van der Waals surface area contributed by atoms with E-state index in [-0.39, 0.29) is 5.56 Å². The van der Waals surface area contributed by atoms with Crippen molar-refractivity contribution in [2.75, 3.05) is 0 Å². The van der Waals surface area contributed by atoms with E-state index in [0.29, 0.717) is 10.9 Å². The summed E-state index contributed by atoms with van der Waals surface area (Å²) in [5.74, 6) is -0.936. The smallest absolute Gasteiger partial charge is 0.131 e. The van der Waals surface area contributed by atoms with Crippen molar-refractivity contribution >= 4 is 11.3 Å². The van der Waals surface area contributed by atoms with Crippen LogP contribution in [0.25, 0.3) is 0 Å². The van der Waals surface area contributed by atoms with Crippen molar-refractivity contribution in [2.24, 2.45) is 5.73 Å². The molecule has 0 aliphatic rings. The van der Waals surface area contributed by atoms with Crippen molar-refractivity contribution in [1.82, 2.24) is 4.98 Å². The van der Waals surface area contributed by atoms with E-state index in [1.165, 1.54) is 23.5 Å². The van der Waals surface area contributed by atoms with Crippen LogP contribution in [0.2, 0.25) is 0 Å². The summed E-state index contributed by atoms with van der Waals surface area (Å²) in [7, 11) is 0. The number of aromatic nitrogens is 1. The number of nitrogens with two attached hydrogens (primary N) is 1. The number of nitrogens with zero attached hydrogens (tertiary/aromatic N) is 1. The lowest BCUT2D eigenvalue weighted by atomic mass is 10.1. The normalized spacial score (nSPS) is 13.0. The second-order valence-corrected chi connectivity index (χ2v) is 5.30. The molecule has 1 unspecified atom stereocenters. The lowest BCUT2D eigenvalue weighted by Gasteiger charge is -2.10. The molecule has 18 heavy (non-hydrogen) atoms. The number of hydrogen-bond acceptors (Lipinski definition) is 3. The monoisotopic (exact) mass is 268 g/mol. The number of halogens is 2. The molecule has 0 fully saturated rings. The first kappa shape index (κ1) is 13.1. The quantitative estimate of drug-likeness (QED) is 0.923. The molecular weight excluding hydrogens is 254 g/mol. The Hall–Kier alpha value is -1.33. The predicted octanol–water partition coefficient (Wildman–Crippen LogP) is 3.59. The van der Waals surface area contributed by atoms with E-state index in [4.69, 9.17) is 5.73 Å². The lowest BCUT2D eigenvalue weighted by molar-refractivity contribution is 0.565. The largest absolute Gasteiger partial charge is 0.318 e. The minimum Gasteiger partial charge on any atom is -0.318 e. The van der Waals surface area contributed by atoms with Gasteiger partial charge in [-0.3, -0.25) is 0 Å². The van der Waals surface area contributed by atoms with Crippen LogP contribution in [0.15, 0.2) is 23.6 Å². The van der Waals surface area contributed by atoms with E-state index in [2.05, 4.69) is 4.98 Å². The second kappa shape index (κ2) is 5.12. The molecular formula is C13H14F2N2S. The van der Waals surface area contributed by atoms with Crippen LogP contribution in [0.5, 0.6) is 0 Å². The molecule has 2 N–H and O–H groups in total. The lowest BCUT2D eigenvalue weighted by Crippen LogP contribution is -2.13. The highest BCUT2D eigenvalue weighted by atomic mass is 32.1. The Morgan fingerprint density at radius 2 is 2.00 bits per heavy atom. The molecule has 0 amide bonds. The predicted molar refractivity (Wildman–Crippen MR) is 68.6 cm³/mol. The van der Waals surface area contributed by atoms with E-state index in [1.807, 2.05) is 19.2 Å². The fourth-order valence-corrected chi connectivity index (χ4v) is 2.59. The highest BCUT2D eigenvalue weighted by Gasteiger charge is 2.18. The minimum absolute atomic E-state index is 0.265. The van der Waals surface area contributed by atoms with Crippen molar-refractivity contribution in [3.63, 3.8) is 0 Å². The van der Waals surface area contributed by atoms with Crippen LogP contribution in [0.1, 0.15) is 42.1 Å². The molecule has 0 radical (unpaired) electrons. The van der Waals surface area contributed by atoms with Crippen molar-refractivity contribution in [3.05, 3.63) is 51.5 Å². The first-order valence-corrected chi connectivity index (χ1v) is 6.53. The van der Waals surface area contributed by atoms with E-state index in [1.54, 1.807) is 0 Å². The van der Waals surface area contributed by atoms with Gasteiger partial charge in [0.25, 0.3) is 0 Å². The Kier molecular flexibility index (Phi) is 3.73. The van der Waals surface area contributed by atoms with Crippen LogP contribution in [-0.2, 0) is 0 Å². The van der Waals surface area contributed by atoms with Crippen LogP contribution < -0.4 is 5.73 Å². The second-order valence-electron chi connectivity index (χ2n) is 4.41. The van der Waals surface area contributed by atoms with Crippen LogP contribution in [0.4, 0.5) is 8.78 Å². The van der Waals surface area contributed by atoms with Crippen LogP contribution in [0.3, 0.4) is 0 Å². The molecule has 0 saturated heterocycles. The standard InChI is InChI=1S/C13H14F2N2S/c1-7(2)11-6-18-13(17-11)12(16)9-4-3-8(14)5-10(9)15/h3-7,12H,16H2,1-2H3. The van der Waals surface area contributed by atoms with Gasteiger partial charge in [0, 0.05) is 17.0 Å². The summed E-state index contributed by atoms with van der Waals surface area (Å²) in [5.41, 5.74) is 7.17. The van der Waals surface area contributed by atoms with Crippen molar-refractivity contribution in [1.29, 1.82) is 0 Å². The summed E-state index contributed by atoms with van der Waals surface area (Å²) >= 11 is 1.40. The summed E-state index contributed by atoms with van der Waals surface area (Å²) in [6.07, 6.45) is 0. The van der Waals surface area contributed by atoms with Gasteiger partial charge in [-0.1, -0.05) is 19.9 Å². The molecule has 0 bridgehead atoms. The van der Waals surface area contributed by atoms with Gasteiger partial charge in [0.2, 0.25) is 0 Å². The van der Waals surface area contributed by atoms with Gasteiger partial charge < -0.3 is 5.73 Å². The minimum atomic E-state index is -0.650. The Bertz CT molecular complexity index is 552. The van der Waals surface area contributed by atoms with Crippen LogP contribution >= 0.6 is 11.3 Å². The maximum absolute atomic E-state index is 13.6. The summed E-state index contributed by atoms with van der Waals surface area (Å²) in [5, 5.41) is 2.56. The molecule has 0 spiro atoms. The zero-order chi connectivity index (χ0) is 13.3. The molecule has 2 rings (SSSR count). The van der Waals surface area contributed by atoms with Gasteiger partial charge in [-0.2, -0.15) is 0 Å². The molecule has 1 aromatic carbocycles. The first-order chi connectivity index (χ1) is 8.49. The van der Waals surface area contributed by atoms with Crippen molar-refractivity contribution < 1.29 is 8.78 Å². The average Bonchev–Trinajstić information content (AvgIpc) is 2.77. The van der Waals surface area contributed by atoms with E-state index < -0.39 is 17.7 Å². The number of hydrogen-bond donors (Lipinski definition) is 1. The van der Waals surface area contributed by atoms with E-state index in [0.717, 1.165) is 11.8 Å². The molecule has 2 aromatic rings. The van der Waals surface area contributed by atoms with Crippen LogP contribution in [0, 0.1) is 11.6 Å². The molecule has 0 aliphatic heterocycles. The molecule has 96 valence electrons. The SMILES string of the molecule is CC(C)c1csc(C(N)c2ccc(F)cc2F)n1. The molecule has 1 atom stereocenters. The maximum Gasteiger partial charge on any atom is 0.131 e. The van der Waals surface area contributed by atoms with E-state index in [9.17, 15) is 8.78 Å². The van der Waals surface area contributed by atoms with Gasteiger partial charge in [0.05, 0.1) is 11.7 Å². The molecule has 0 saturated carbocycles. The summed E-state index contributed by atoms with van der Waals surface area (Å²) in [6, 6.07) is 2.76. The van der Waals surface area contributed by atoms with Gasteiger partial charge in [-0.05, 0) is 12.0 Å². The summed E-state index contributed by atoms with van der Waals surface area (Å²) < 4.78 is 26.4. The zero-order valence-electron chi connectivity index (χ0n) is 10.2. The number of benzene rings is 1. The topological polar surface area (TPSA) is 38.9 Å². The Morgan fingerprint density at radius 3 is 2.56 bits per heavy atom. The highest BCUT2D eigenvalue weighted by Crippen LogP contribution is 2.27. The van der Waals surface area contributed by atoms with Gasteiger partial charge >= 0.3 is 0 Å². The fraction of sp³-hybridized carbons (Fsp3) is 0.308. The van der Waals surface area contributed by atoms with Crippen LogP contribution in [-0.4, -0.2) is 4.98 Å². The fourth-order valence-electron chi connectivity index (χ4n) is 1.60. The third kappa shape index (κ3) is 2.57. The Labute approximate surface area is 108 Å². The summed E-state index contributed by atoms with van der Waals surface area (Å²) in [4.78, 5) is 4.38. The number of rotatable bonds is 3. The number of thiazole rings is 1. The summed E-state index contributed by atoms with van der Waals surface area (Å²) in [6.45, 7) is 4.06. The van der Waals surface area contributed by atoms with Gasteiger partial charge in [-0.25, -0.2) is 13.8 Å². The average molecular weight is 268 g/mol. The van der Waals surface area contributed by atoms with Crippen molar-refractivity contribution in [2.45, 2.75) is 25.8 Å². The third-order valence-corrected chi connectivity index (χ3v) is 3.64. The highest BCUT2D eigenvalue weighted by molar-refractivity contribution is 7.09.